The van der Waals surface area contributed by atoms with Crippen molar-refractivity contribution in [1.29, 1.82) is 0 Å². The minimum Gasteiger partial charge on any atom is -0.381 e. The van der Waals surface area contributed by atoms with Gasteiger partial charge in [-0.3, -0.25) is 4.79 Å². The molecule has 1 amide bonds. The lowest BCUT2D eigenvalue weighted by molar-refractivity contribution is -0.120. The molecule has 0 aliphatic carbocycles. The van der Waals surface area contributed by atoms with Crippen molar-refractivity contribution in [1.82, 2.24) is 10.2 Å². The van der Waals surface area contributed by atoms with Crippen LogP contribution in [0.1, 0.15) is 32.6 Å². The van der Waals surface area contributed by atoms with Crippen molar-refractivity contribution in [3.63, 3.8) is 0 Å². The van der Waals surface area contributed by atoms with E-state index in [4.69, 9.17) is 10.5 Å². The maximum Gasteiger partial charge on any atom is 0.234 e. The van der Waals surface area contributed by atoms with Crippen LogP contribution in [0.15, 0.2) is 0 Å². The molecule has 0 aromatic rings. The van der Waals surface area contributed by atoms with E-state index in [1.807, 2.05) is 0 Å². The highest BCUT2D eigenvalue weighted by Gasteiger charge is 2.20. The first-order valence-corrected chi connectivity index (χ1v) is 6.95. The van der Waals surface area contributed by atoms with Crippen LogP contribution in [0.4, 0.5) is 0 Å². The lowest BCUT2D eigenvalue weighted by atomic mass is 10.1. The van der Waals surface area contributed by atoms with E-state index in [1.165, 1.54) is 0 Å². The van der Waals surface area contributed by atoms with Crippen molar-refractivity contribution in [2.75, 3.05) is 33.4 Å². The smallest absolute Gasteiger partial charge is 0.234 e. The van der Waals surface area contributed by atoms with E-state index in [0.29, 0.717) is 6.04 Å². The molecule has 3 N–H and O–H groups in total. The number of carbonyl (C=O) groups excluding carboxylic acids is 1. The second-order valence-corrected chi connectivity index (χ2v) is 5.02. The van der Waals surface area contributed by atoms with Gasteiger partial charge in [-0.25, -0.2) is 0 Å². The number of hydrogen-bond acceptors (Lipinski definition) is 4. The summed E-state index contributed by atoms with van der Waals surface area (Å²) in [5.74, 6) is -0.246. The second-order valence-electron chi connectivity index (χ2n) is 5.02. The van der Waals surface area contributed by atoms with Crippen LogP contribution in [-0.4, -0.2) is 56.2 Å². The van der Waals surface area contributed by atoms with Crippen LogP contribution in [0.2, 0.25) is 0 Å². The number of nitrogens with zero attached hydrogens (tertiary/aromatic N) is 1. The highest BCUT2D eigenvalue weighted by Crippen LogP contribution is 2.13. The molecule has 18 heavy (non-hydrogen) atoms. The summed E-state index contributed by atoms with van der Waals surface area (Å²) < 4.78 is 5.35. The number of primary amides is 1. The highest BCUT2D eigenvalue weighted by molar-refractivity contribution is 5.79. The Morgan fingerprint density at radius 3 is 2.72 bits per heavy atom. The Morgan fingerprint density at radius 1 is 1.50 bits per heavy atom. The molecule has 1 fully saturated rings. The summed E-state index contributed by atoms with van der Waals surface area (Å²) >= 11 is 0. The Balaban J connectivity index is 2.28. The van der Waals surface area contributed by atoms with Crippen LogP contribution in [0.5, 0.6) is 0 Å². The molecule has 1 rings (SSSR count). The summed E-state index contributed by atoms with van der Waals surface area (Å²) in [5, 5.41) is 3.20. The molecule has 1 saturated heterocycles. The summed E-state index contributed by atoms with van der Waals surface area (Å²) in [6.45, 7) is 5.52. The van der Waals surface area contributed by atoms with E-state index in [-0.39, 0.29) is 11.9 Å². The van der Waals surface area contributed by atoms with Gasteiger partial charge in [0.05, 0.1) is 6.04 Å². The van der Waals surface area contributed by atoms with Gasteiger partial charge in [-0.2, -0.15) is 0 Å². The van der Waals surface area contributed by atoms with Gasteiger partial charge in [0.15, 0.2) is 0 Å². The minimum atomic E-state index is -0.246. The van der Waals surface area contributed by atoms with Crippen molar-refractivity contribution in [2.45, 2.75) is 44.7 Å². The van der Waals surface area contributed by atoms with Gasteiger partial charge in [0.1, 0.15) is 0 Å². The molecule has 1 aliphatic heterocycles. The van der Waals surface area contributed by atoms with Crippen molar-refractivity contribution in [2.24, 2.45) is 5.73 Å². The van der Waals surface area contributed by atoms with E-state index >= 15 is 0 Å². The first kappa shape index (κ1) is 15.4. The van der Waals surface area contributed by atoms with Gasteiger partial charge in [-0.1, -0.05) is 6.92 Å². The third-order valence-electron chi connectivity index (χ3n) is 3.57. The van der Waals surface area contributed by atoms with E-state index in [1.54, 1.807) is 0 Å². The first-order valence-electron chi connectivity index (χ1n) is 6.95. The van der Waals surface area contributed by atoms with Crippen molar-refractivity contribution in [3.8, 4) is 0 Å². The van der Waals surface area contributed by atoms with Crippen LogP contribution in [-0.2, 0) is 9.53 Å². The van der Waals surface area contributed by atoms with Gasteiger partial charge in [-0.15, -0.1) is 0 Å². The van der Waals surface area contributed by atoms with Gasteiger partial charge >= 0.3 is 0 Å². The van der Waals surface area contributed by atoms with Gasteiger partial charge in [-0.05, 0) is 39.3 Å². The number of rotatable bonds is 8. The number of ether oxygens (including phenoxy) is 1. The molecule has 1 atom stereocenters. The van der Waals surface area contributed by atoms with Gasteiger partial charge in [0.2, 0.25) is 5.91 Å². The third kappa shape index (κ3) is 5.33. The summed E-state index contributed by atoms with van der Waals surface area (Å²) in [6, 6.07) is 0.380. The molecule has 5 nitrogen and oxygen atoms in total. The van der Waals surface area contributed by atoms with Crippen molar-refractivity contribution >= 4 is 5.91 Å². The molecule has 106 valence electrons. The van der Waals surface area contributed by atoms with Gasteiger partial charge in [0.25, 0.3) is 0 Å². The van der Waals surface area contributed by atoms with E-state index in [0.717, 1.165) is 52.0 Å². The average Bonchev–Trinajstić information content (AvgIpc) is 2.39. The van der Waals surface area contributed by atoms with E-state index < -0.39 is 0 Å². The molecule has 5 heteroatoms. The molecule has 0 radical (unpaired) electrons. The molecule has 0 spiro atoms. The van der Waals surface area contributed by atoms with Crippen LogP contribution >= 0.6 is 0 Å². The maximum absolute atomic E-state index is 11.3. The summed E-state index contributed by atoms with van der Waals surface area (Å²) in [7, 11) is 2.12. The molecule has 1 heterocycles. The first-order chi connectivity index (χ1) is 8.65. The molecule has 0 bridgehead atoms. The third-order valence-corrected chi connectivity index (χ3v) is 3.57. The van der Waals surface area contributed by atoms with E-state index in [9.17, 15) is 4.79 Å². The lowest BCUT2D eigenvalue weighted by Crippen LogP contribution is -2.45. The zero-order valence-electron chi connectivity index (χ0n) is 11.7. The number of amides is 1. The predicted molar refractivity (Wildman–Crippen MR) is 72.4 cm³/mol. The second kappa shape index (κ2) is 8.45. The van der Waals surface area contributed by atoms with Gasteiger partial charge < -0.3 is 20.7 Å². The number of hydrogen-bond donors (Lipinski definition) is 2. The molecule has 0 aromatic carbocycles. The van der Waals surface area contributed by atoms with Crippen molar-refractivity contribution < 1.29 is 9.53 Å². The maximum atomic E-state index is 11.3. The summed E-state index contributed by atoms with van der Waals surface area (Å²) in [4.78, 5) is 13.6. The lowest BCUT2D eigenvalue weighted by Gasteiger charge is -2.32. The molecule has 0 saturated carbocycles. The normalized spacial score (nSPS) is 19.1. The van der Waals surface area contributed by atoms with Crippen LogP contribution in [0.3, 0.4) is 0 Å². The molecular weight excluding hydrogens is 230 g/mol. The monoisotopic (exact) mass is 257 g/mol. The molecule has 1 aliphatic rings. The average molecular weight is 257 g/mol. The molecule has 0 aromatic heterocycles. The standard InChI is InChI=1S/C13H27N3O2/c1-3-7-15-12(13(14)17)4-8-16(2)11-5-9-18-10-6-11/h11-12,15H,3-10H2,1-2H3,(H2,14,17). The van der Waals surface area contributed by atoms with Crippen LogP contribution < -0.4 is 11.1 Å². The largest absolute Gasteiger partial charge is 0.381 e. The summed E-state index contributed by atoms with van der Waals surface area (Å²) in [5.41, 5.74) is 5.40. The van der Waals surface area contributed by atoms with Crippen molar-refractivity contribution in [3.05, 3.63) is 0 Å². The quantitative estimate of drug-likeness (QED) is 0.658. The number of nitrogens with one attached hydrogen (secondary N) is 1. The highest BCUT2D eigenvalue weighted by atomic mass is 16.5. The number of carbonyl (C=O) groups is 1. The molecule has 1 unspecified atom stereocenters. The summed E-state index contributed by atoms with van der Waals surface area (Å²) in [6.07, 6.45) is 3.96. The fourth-order valence-electron chi connectivity index (χ4n) is 2.30. The molecular formula is C13H27N3O2. The Kier molecular flexibility index (Phi) is 7.23. The predicted octanol–water partition coefficient (Wildman–Crippen LogP) is 0.341. The zero-order chi connectivity index (χ0) is 13.4. The zero-order valence-corrected chi connectivity index (χ0v) is 11.7. The van der Waals surface area contributed by atoms with Crippen LogP contribution in [0, 0.1) is 0 Å². The van der Waals surface area contributed by atoms with E-state index in [2.05, 4.69) is 24.2 Å². The fraction of sp³-hybridized carbons (Fsp3) is 0.923. The Bertz CT molecular complexity index is 242. The Hall–Kier alpha value is -0.650. The topological polar surface area (TPSA) is 67.6 Å². The Labute approximate surface area is 110 Å². The minimum absolute atomic E-state index is 0.202. The fourth-order valence-corrected chi connectivity index (χ4v) is 2.30. The Morgan fingerprint density at radius 2 is 2.17 bits per heavy atom. The SMILES string of the molecule is CCCNC(CCN(C)C1CCOCC1)C(N)=O. The van der Waals surface area contributed by atoms with Gasteiger partial charge in [0, 0.05) is 25.8 Å². The van der Waals surface area contributed by atoms with Crippen LogP contribution in [0.25, 0.3) is 0 Å². The number of nitrogens with two attached hydrogens (primary N) is 1.